The number of carbonyl (C=O) groups excluding carboxylic acids is 1. The van der Waals surface area contributed by atoms with Crippen molar-refractivity contribution in [3.63, 3.8) is 0 Å². The lowest BCUT2D eigenvalue weighted by Gasteiger charge is -2.37. The molecule has 1 N–H and O–H groups in total. The van der Waals surface area contributed by atoms with Gasteiger partial charge in [0.25, 0.3) is 0 Å². The fraction of sp³-hybridized carbons (Fsp3) is 0.263. The van der Waals surface area contributed by atoms with E-state index in [1.54, 1.807) is 13.2 Å². The molecular formula is C19H18FN3O2S. The topological polar surface area (TPSA) is 54.5 Å². The zero-order valence-electron chi connectivity index (χ0n) is 14.2. The van der Waals surface area contributed by atoms with Crippen molar-refractivity contribution in [1.29, 1.82) is 0 Å². The molecule has 7 heteroatoms. The Morgan fingerprint density at radius 2 is 2.19 bits per heavy atom. The summed E-state index contributed by atoms with van der Waals surface area (Å²) in [6, 6.07) is 12.2. The summed E-state index contributed by atoms with van der Waals surface area (Å²) in [5.41, 5.74) is 1.79. The average Bonchev–Trinajstić information content (AvgIpc) is 3.01. The number of thiazole rings is 1. The van der Waals surface area contributed by atoms with Crippen LogP contribution >= 0.6 is 11.3 Å². The number of aromatic nitrogens is 1. The van der Waals surface area contributed by atoms with Crippen molar-refractivity contribution in [2.45, 2.75) is 6.54 Å². The van der Waals surface area contributed by atoms with Crippen LogP contribution in [0.15, 0.2) is 42.5 Å². The van der Waals surface area contributed by atoms with Crippen LogP contribution in [0.5, 0.6) is 5.75 Å². The van der Waals surface area contributed by atoms with Crippen molar-refractivity contribution < 1.29 is 13.9 Å². The molecule has 0 radical (unpaired) electrons. The average molecular weight is 371 g/mol. The van der Waals surface area contributed by atoms with Gasteiger partial charge in [0, 0.05) is 19.6 Å². The Balaban J connectivity index is 1.32. The first kappa shape index (κ1) is 16.8. The van der Waals surface area contributed by atoms with Crippen LogP contribution in [0, 0.1) is 11.7 Å². The molecule has 1 saturated heterocycles. The van der Waals surface area contributed by atoms with Gasteiger partial charge in [-0.25, -0.2) is 9.37 Å². The Morgan fingerprint density at radius 3 is 3.00 bits per heavy atom. The van der Waals surface area contributed by atoms with E-state index in [9.17, 15) is 9.18 Å². The van der Waals surface area contributed by atoms with Crippen LogP contribution in [-0.2, 0) is 11.3 Å². The number of rotatable bonds is 5. The van der Waals surface area contributed by atoms with E-state index in [1.807, 2.05) is 24.3 Å². The summed E-state index contributed by atoms with van der Waals surface area (Å²) < 4.78 is 19.3. The van der Waals surface area contributed by atoms with Crippen molar-refractivity contribution in [2.75, 3.05) is 25.1 Å². The minimum atomic E-state index is -0.258. The molecule has 0 bridgehead atoms. The normalized spacial score (nSPS) is 14.3. The molecule has 1 amide bonds. The Bertz CT molecular complexity index is 953. The summed E-state index contributed by atoms with van der Waals surface area (Å²) in [4.78, 5) is 18.9. The van der Waals surface area contributed by atoms with Crippen LogP contribution in [0.3, 0.4) is 0 Å². The van der Waals surface area contributed by atoms with Gasteiger partial charge in [-0.2, -0.15) is 0 Å². The highest BCUT2D eigenvalue weighted by Gasteiger charge is 2.34. The zero-order valence-corrected chi connectivity index (χ0v) is 15.1. The largest absolute Gasteiger partial charge is 0.497 e. The maximum absolute atomic E-state index is 13.3. The molecule has 4 rings (SSSR count). The third-order valence-corrected chi connectivity index (χ3v) is 5.54. The van der Waals surface area contributed by atoms with Crippen LogP contribution in [0.2, 0.25) is 0 Å². The van der Waals surface area contributed by atoms with E-state index < -0.39 is 0 Å². The first-order chi connectivity index (χ1) is 12.6. The first-order valence-electron chi connectivity index (χ1n) is 8.34. The first-order valence-corrected chi connectivity index (χ1v) is 9.16. The number of amides is 1. The quantitative estimate of drug-likeness (QED) is 0.748. The van der Waals surface area contributed by atoms with Gasteiger partial charge in [-0.05, 0) is 35.9 Å². The molecule has 0 atom stereocenters. The third-order valence-electron chi connectivity index (χ3n) is 4.46. The van der Waals surface area contributed by atoms with E-state index in [1.165, 1.54) is 23.5 Å². The number of ether oxygens (including phenoxy) is 1. The monoisotopic (exact) mass is 371 g/mol. The minimum absolute atomic E-state index is 0.0382. The van der Waals surface area contributed by atoms with Gasteiger partial charge in [0.1, 0.15) is 11.6 Å². The highest BCUT2D eigenvalue weighted by atomic mass is 32.1. The Hall–Kier alpha value is -2.67. The minimum Gasteiger partial charge on any atom is -0.497 e. The van der Waals surface area contributed by atoms with Gasteiger partial charge in [-0.1, -0.05) is 23.5 Å². The van der Waals surface area contributed by atoms with Crippen molar-refractivity contribution in [3.8, 4) is 5.75 Å². The molecule has 0 aliphatic carbocycles. The van der Waals surface area contributed by atoms with E-state index in [0.29, 0.717) is 19.6 Å². The zero-order chi connectivity index (χ0) is 18.1. The second-order valence-corrected chi connectivity index (χ2v) is 7.29. The van der Waals surface area contributed by atoms with E-state index in [-0.39, 0.29) is 17.6 Å². The van der Waals surface area contributed by atoms with E-state index in [4.69, 9.17) is 4.74 Å². The molecule has 0 spiro atoms. The second-order valence-electron chi connectivity index (χ2n) is 6.28. The van der Waals surface area contributed by atoms with Gasteiger partial charge in [-0.15, -0.1) is 0 Å². The number of anilines is 1. The van der Waals surface area contributed by atoms with E-state index in [0.717, 1.165) is 26.7 Å². The van der Waals surface area contributed by atoms with Crippen molar-refractivity contribution in [1.82, 2.24) is 10.3 Å². The maximum Gasteiger partial charge on any atom is 0.226 e. The molecule has 3 aromatic rings. The predicted molar refractivity (Wildman–Crippen MR) is 100 cm³/mol. The maximum atomic E-state index is 13.3. The molecular weight excluding hydrogens is 353 g/mol. The van der Waals surface area contributed by atoms with Gasteiger partial charge < -0.3 is 15.0 Å². The van der Waals surface area contributed by atoms with Crippen LogP contribution in [0.25, 0.3) is 10.2 Å². The molecule has 1 aliphatic rings. The van der Waals surface area contributed by atoms with Crippen molar-refractivity contribution in [3.05, 3.63) is 53.8 Å². The lowest BCUT2D eigenvalue weighted by Crippen LogP contribution is -2.53. The number of carbonyl (C=O) groups is 1. The Morgan fingerprint density at radius 1 is 1.35 bits per heavy atom. The lowest BCUT2D eigenvalue weighted by atomic mass is 10.00. The molecule has 26 heavy (non-hydrogen) atoms. The fourth-order valence-electron chi connectivity index (χ4n) is 2.94. The summed E-state index contributed by atoms with van der Waals surface area (Å²) in [7, 11) is 1.62. The molecule has 134 valence electrons. The Kier molecular flexibility index (Phi) is 4.46. The van der Waals surface area contributed by atoms with Crippen molar-refractivity contribution in [2.24, 2.45) is 5.92 Å². The fourth-order valence-corrected chi connectivity index (χ4v) is 3.95. The number of hydrogen-bond acceptors (Lipinski definition) is 5. The second kappa shape index (κ2) is 6.92. The molecule has 0 unspecified atom stereocenters. The number of benzene rings is 2. The molecule has 2 aromatic carbocycles. The molecule has 2 heterocycles. The van der Waals surface area contributed by atoms with Gasteiger partial charge in [0.15, 0.2) is 5.13 Å². The number of fused-ring (bicyclic) bond motifs is 1. The number of halogens is 1. The summed E-state index contributed by atoms with van der Waals surface area (Å²) in [6.45, 7) is 1.74. The van der Waals surface area contributed by atoms with Gasteiger partial charge in [-0.3, -0.25) is 4.79 Å². The standard InChI is InChI=1S/C19H18FN3O2S/c1-25-15-4-2-3-12(7-15)9-21-18(24)13-10-23(11-13)19-22-16-6-5-14(20)8-17(16)26-19/h2-8,13H,9-11H2,1H3,(H,21,24). The van der Waals surface area contributed by atoms with Crippen LogP contribution in [0.4, 0.5) is 9.52 Å². The summed E-state index contributed by atoms with van der Waals surface area (Å²) >= 11 is 1.45. The van der Waals surface area contributed by atoms with Crippen LogP contribution in [0.1, 0.15) is 5.56 Å². The van der Waals surface area contributed by atoms with Gasteiger partial charge in [0.05, 0.1) is 23.2 Å². The molecule has 1 aliphatic heterocycles. The lowest BCUT2D eigenvalue weighted by molar-refractivity contribution is -0.125. The third kappa shape index (κ3) is 3.35. The number of methoxy groups -OCH3 is 1. The number of nitrogens with zero attached hydrogens (tertiary/aromatic N) is 2. The highest BCUT2D eigenvalue weighted by molar-refractivity contribution is 7.22. The van der Waals surface area contributed by atoms with E-state index in [2.05, 4.69) is 15.2 Å². The molecule has 1 aromatic heterocycles. The number of nitrogens with one attached hydrogen (secondary N) is 1. The SMILES string of the molecule is COc1cccc(CNC(=O)C2CN(c3nc4ccc(F)cc4s3)C2)c1. The summed E-state index contributed by atoms with van der Waals surface area (Å²) in [5, 5.41) is 3.81. The van der Waals surface area contributed by atoms with Crippen molar-refractivity contribution >= 4 is 32.6 Å². The van der Waals surface area contributed by atoms with Crippen LogP contribution < -0.4 is 15.0 Å². The number of hydrogen-bond donors (Lipinski definition) is 1. The smallest absolute Gasteiger partial charge is 0.226 e. The molecule has 1 fully saturated rings. The predicted octanol–water partition coefficient (Wildman–Crippen LogP) is 3.20. The Labute approximate surface area is 154 Å². The molecule has 0 saturated carbocycles. The van der Waals surface area contributed by atoms with Gasteiger partial charge >= 0.3 is 0 Å². The van der Waals surface area contributed by atoms with Crippen LogP contribution in [-0.4, -0.2) is 31.1 Å². The summed E-state index contributed by atoms with van der Waals surface area (Å²) in [5.74, 6) is 0.505. The highest BCUT2D eigenvalue weighted by Crippen LogP contribution is 2.33. The molecule has 5 nitrogen and oxygen atoms in total. The van der Waals surface area contributed by atoms with E-state index >= 15 is 0 Å². The van der Waals surface area contributed by atoms with Gasteiger partial charge in [0.2, 0.25) is 5.91 Å². The summed E-state index contributed by atoms with van der Waals surface area (Å²) in [6.07, 6.45) is 0.